The summed E-state index contributed by atoms with van der Waals surface area (Å²) in [5.74, 6) is 0.907. The van der Waals surface area contributed by atoms with Crippen molar-refractivity contribution in [2.45, 2.75) is 66.5 Å². The van der Waals surface area contributed by atoms with E-state index >= 15 is 0 Å². The van der Waals surface area contributed by atoms with Gasteiger partial charge in [0.1, 0.15) is 40.8 Å². The van der Waals surface area contributed by atoms with Gasteiger partial charge in [-0.3, -0.25) is 10.1 Å². The topological polar surface area (TPSA) is 134 Å². The van der Waals surface area contributed by atoms with Gasteiger partial charge in [0.05, 0.1) is 10.6 Å². The Kier molecular flexibility index (Phi) is 7.05. The number of benzene rings is 1. The van der Waals surface area contributed by atoms with E-state index in [0.29, 0.717) is 35.1 Å². The van der Waals surface area contributed by atoms with Gasteiger partial charge in [-0.15, -0.1) is 0 Å². The van der Waals surface area contributed by atoms with E-state index in [0.717, 1.165) is 12.8 Å². The summed E-state index contributed by atoms with van der Waals surface area (Å²) >= 11 is 0. The molecule has 1 aromatic carbocycles. The van der Waals surface area contributed by atoms with Crippen LogP contribution in [0.3, 0.4) is 0 Å². The Morgan fingerprint density at radius 1 is 1.15 bits per heavy atom. The van der Waals surface area contributed by atoms with Crippen LogP contribution in [-0.2, 0) is 11.3 Å². The van der Waals surface area contributed by atoms with Gasteiger partial charge in [-0.1, -0.05) is 0 Å². The van der Waals surface area contributed by atoms with Crippen molar-refractivity contribution in [2.75, 3.05) is 4.90 Å². The molecule has 0 N–H and O–H groups in total. The SMILES string of the molecule is Cc1nn(-c2cc(N(C(=O)OC(C)(C)C)c3c(C)c(-c4ccc(F)cc4)nn3CC3CC3)ncn2)c(C)c1[N+](=O)[O-]. The molecule has 1 aliphatic carbocycles. The third-order valence-electron chi connectivity index (χ3n) is 6.71. The summed E-state index contributed by atoms with van der Waals surface area (Å²) in [4.78, 5) is 35.0. The van der Waals surface area contributed by atoms with E-state index in [2.05, 4.69) is 15.1 Å². The monoisotopic (exact) mass is 562 g/mol. The number of rotatable bonds is 7. The first-order valence-corrected chi connectivity index (χ1v) is 13.2. The van der Waals surface area contributed by atoms with E-state index in [1.165, 1.54) is 34.1 Å². The summed E-state index contributed by atoms with van der Waals surface area (Å²) in [5, 5.41) is 20.8. The van der Waals surface area contributed by atoms with Gasteiger partial charge in [-0.2, -0.15) is 10.2 Å². The molecular weight excluding hydrogens is 531 g/mol. The minimum Gasteiger partial charge on any atom is -0.443 e. The first-order chi connectivity index (χ1) is 19.3. The number of ether oxygens (including phenoxy) is 1. The lowest BCUT2D eigenvalue weighted by molar-refractivity contribution is -0.386. The average molecular weight is 563 g/mol. The van der Waals surface area contributed by atoms with Crippen molar-refractivity contribution in [3.8, 4) is 17.1 Å². The molecule has 0 unspecified atom stereocenters. The molecule has 0 radical (unpaired) electrons. The summed E-state index contributed by atoms with van der Waals surface area (Å²) in [6.07, 6.45) is 2.67. The van der Waals surface area contributed by atoms with Crippen molar-refractivity contribution >= 4 is 23.4 Å². The highest BCUT2D eigenvalue weighted by atomic mass is 19.1. The van der Waals surface area contributed by atoms with E-state index in [-0.39, 0.29) is 34.5 Å². The molecule has 12 nitrogen and oxygen atoms in total. The molecule has 3 aromatic heterocycles. The number of anilines is 2. The van der Waals surface area contributed by atoms with Crippen molar-refractivity contribution in [2.24, 2.45) is 5.92 Å². The summed E-state index contributed by atoms with van der Waals surface area (Å²) < 4.78 is 22.6. The normalized spacial score (nSPS) is 13.3. The molecule has 41 heavy (non-hydrogen) atoms. The molecule has 13 heteroatoms. The van der Waals surface area contributed by atoms with Crippen molar-refractivity contribution in [1.29, 1.82) is 0 Å². The lowest BCUT2D eigenvalue weighted by Crippen LogP contribution is -2.36. The zero-order valence-electron chi connectivity index (χ0n) is 23.8. The maximum atomic E-state index is 13.9. The minimum absolute atomic E-state index is 0.114. The van der Waals surface area contributed by atoms with E-state index in [1.807, 2.05) is 6.92 Å². The van der Waals surface area contributed by atoms with Crippen LogP contribution in [0, 0.1) is 42.6 Å². The number of carbonyl (C=O) groups is 1. The van der Waals surface area contributed by atoms with Crippen molar-refractivity contribution in [3.63, 3.8) is 0 Å². The molecule has 1 amide bonds. The Labute approximate surface area is 235 Å². The Balaban J connectivity index is 1.69. The zero-order valence-corrected chi connectivity index (χ0v) is 23.8. The molecule has 0 bridgehead atoms. The molecule has 1 aliphatic rings. The standard InChI is InChI=1S/C28H31FN8O4/c1-16-24(20-9-11-21(29)12-10-20)33-34(14-19-7-8-19)26(16)35(27(38)41-28(4,5)6)22-13-23(31-15-30-22)36-18(3)25(37(39)40)17(2)32-36/h9-13,15,19H,7-8,14H2,1-6H3. The molecule has 0 aliphatic heterocycles. The van der Waals surface area contributed by atoms with Crippen LogP contribution in [0.4, 0.5) is 26.5 Å². The largest absolute Gasteiger partial charge is 0.443 e. The first-order valence-electron chi connectivity index (χ1n) is 13.2. The second-order valence-corrected chi connectivity index (χ2v) is 11.2. The van der Waals surface area contributed by atoms with Gasteiger partial charge in [0, 0.05) is 23.7 Å². The number of halogens is 1. The van der Waals surface area contributed by atoms with Crippen LogP contribution in [-0.4, -0.2) is 46.1 Å². The average Bonchev–Trinajstić information content (AvgIpc) is 3.58. The molecular formula is C28H31FN8O4. The smallest absolute Gasteiger partial charge is 0.421 e. The van der Waals surface area contributed by atoms with Gasteiger partial charge in [0.25, 0.3) is 0 Å². The fourth-order valence-electron chi connectivity index (χ4n) is 4.67. The summed E-state index contributed by atoms with van der Waals surface area (Å²) in [5.41, 5.74) is 1.55. The Hall–Kier alpha value is -4.68. The lowest BCUT2D eigenvalue weighted by Gasteiger charge is -2.27. The number of aryl methyl sites for hydroxylation is 1. The minimum atomic E-state index is -0.823. The molecule has 214 valence electrons. The second kappa shape index (κ2) is 10.4. The summed E-state index contributed by atoms with van der Waals surface area (Å²) in [6.45, 7) is 10.8. The predicted molar refractivity (Wildman–Crippen MR) is 149 cm³/mol. The molecule has 1 fully saturated rings. The highest BCUT2D eigenvalue weighted by molar-refractivity contribution is 5.96. The summed E-state index contributed by atoms with van der Waals surface area (Å²) in [6, 6.07) is 7.55. The van der Waals surface area contributed by atoms with Crippen LogP contribution in [0.15, 0.2) is 36.7 Å². The van der Waals surface area contributed by atoms with Crippen LogP contribution in [0.1, 0.15) is 50.6 Å². The highest BCUT2D eigenvalue weighted by Crippen LogP contribution is 2.39. The van der Waals surface area contributed by atoms with Crippen molar-refractivity contribution in [1.82, 2.24) is 29.5 Å². The second-order valence-electron chi connectivity index (χ2n) is 11.2. The molecule has 0 spiro atoms. The summed E-state index contributed by atoms with van der Waals surface area (Å²) in [7, 11) is 0. The van der Waals surface area contributed by atoms with Crippen LogP contribution < -0.4 is 4.90 Å². The van der Waals surface area contributed by atoms with Gasteiger partial charge in [-0.05, 0) is 84.6 Å². The third-order valence-corrected chi connectivity index (χ3v) is 6.71. The van der Waals surface area contributed by atoms with Gasteiger partial charge in [0.15, 0.2) is 5.82 Å². The molecule has 0 saturated heterocycles. The van der Waals surface area contributed by atoms with Crippen molar-refractivity contribution in [3.05, 3.63) is 69.5 Å². The number of hydrogen-bond acceptors (Lipinski definition) is 8. The Bertz CT molecular complexity index is 1630. The molecule has 0 atom stereocenters. The van der Waals surface area contributed by atoms with Crippen LogP contribution in [0.25, 0.3) is 17.1 Å². The van der Waals surface area contributed by atoms with Crippen LogP contribution in [0.2, 0.25) is 0 Å². The van der Waals surface area contributed by atoms with E-state index in [4.69, 9.17) is 9.84 Å². The number of carbonyl (C=O) groups excluding carboxylic acids is 1. The van der Waals surface area contributed by atoms with Crippen LogP contribution in [0.5, 0.6) is 0 Å². The van der Waals surface area contributed by atoms with Gasteiger partial charge in [0.2, 0.25) is 0 Å². The zero-order chi connectivity index (χ0) is 29.6. The fraction of sp³-hybridized carbons (Fsp3) is 0.393. The van der Waals surface area contributed by atoms with Gasteiger partial charge >= 0.3 is 11.8 Å². The Morgan fingerprint density at radius 3 is 2.41 bits per heavy atom. The number of hydrogen-bond donors (Lipinski definition) is 0. The number of nitro groups is 1. The third kappa shape index (κ3) is 5.65. The lowest BCUT2D eigenvalue weighted by atomic mass is 10.1. The maximum Gasteiger partial charge on any atom is 0.421 e. The number of nitrogens with zero attached hydrogens (tertiary/aromatic N) is 8. The number of amides is 1. The van der Waals surface area contributed by atoms with Gasteiger partial charge < -0.3 is 4.74 Å². The molecule has 4 aromatic rings. The van der Waals surface area contributed by atoms with E-state index in [9.17, 15) is 19.3 Å². The molecule has 5 rings (SSSR count). The molecule has 1 saturated carbocycles. The van der Waals surface area contributed by atoms with Gasteiger partial charge in [-0.25, -0.2) is 33.4 Å². The van der Waals surface area contributed by atoms with Crippen molar-refractivity contribution < 1.29 is 18.8 Å². The first kappa shape index (κ1) is 27.9. The van der Waals surface area contributed by atoms with Crippen LogP contribution >= 0.6 is 0 Å². The number of aromatic nitrogens is 6. The molecule has 3 heterocycles. The maximum absolute atomic E-state index is 13.9. The highest BCUT2D eigenvalue weighted by Gasteiger charge is 2.34. The van der Waals surface area contributed by atoms with E-state index < -0.39 is 16.6 Å². The fourth-order valence-corrected chi connectivity index (χ4v) is 4.67. The predicted octanol–water partition coefficient (Wildman–Crippen LogP) is 5.98. The Morgan fingerprint density at radius 2 is 1.83 bits per heavy atom. The quantitative estimate of drug-likeness (QED) is 0.198. The van der Waals surface area contributed by atoms with E-state index in [1.54, 1.807) is 51.4 Å².